The maximum absolute atomic E-state index is 11.6. The van der Waals surface area contributed by atoms with E-state index in [1.165, 1.54) is 6.07 Å². The molecule has 1 N–H and O–H groups in total. The molecule has 1 heterocycles. The minimum absolute atomic E-state index is 0.0346. The van der Waals surface area contributed by atoms with Crippen molar-refractivity contribution in [1.29, 1.82) is 0 Å². The summed E-state index contributed by atoms with van der Waals surface area (Å²) in [6.07, 6.45) is 1.07. The topological polar surface area (TPSA) is 104 Å². The number of nitro groups is 1. The summed E-state index contributed by atoms with van der Waals surface area (Å²) in [5.74, 6) is 0.162. The lowest BCUT2D eigenvalue weighted by Gasteiger charge is -2.14. The SMILES string of the molecule is CCOC(=O)C(C)Nc1ccc(Oc2ncc([N+](=O)[O-])cc2Cl)cc1. The van der Waals surface area contributed by atoms with Gasteiger partial charge in [-0.2, -0.15) is 0 Å². The number of rotatable bonds is 7. The maximum atomic E-state index is 11.6. The number of benzene rings is 1. The van der Waals surface area contributed by atoms with Gasteiger partial charge in [0, 0.05) is 11.8 Å². The molecule has 0 bridgehead atoms. The Bertz CT molecular complexity index is 767. The molecule has 25 heavy (non-hydrogen) atoms. The molecule has 2 rings (SSSR count). The van der Waals surface area contributed by atoms with Gasteiger partial charge in [-0.25, -0.2) is 9.78 Å². The fourth-order valence-electron chi connectivity index (χ4n) is 1.90. The Hall–Kier alpha value is -2.87. The summed E-state index contributed by atoms with van der Waals surface area (Å²) in [4.78, 5) is 25.5. The number of anilines is 1. The quantitative estimate of drug-likeness (QED) is 0.452. The van der Waals surface area contributed by atoms with Crippen LogP contribution in [0.1, 0.15) is 13.8 Å². The molecule has 9 heteroatoms. The van der Waals surface area contributed by atoms with Crippen molar-refractivity contribution in [3.05, 3.63) is 51.7 Å². The van der Waals surface area contributed by atoms with Gasteiger partial charge < -0.3 is 14.8 Å². The Balaban J connectivity index is 2.03. The molecule has 0 fully saturated rings. The lowest BCUT2D eigenvalue weighted by Crippen LogP contribution is -2.28. The second kappa shape index (κ2) is 8.29. The van der Waals surface area contributed by atoms with E-state index in [1.54, 1.807) is 38.1 Å². The summed E-state index contributed by atoms with van der Waals surface area (Å²) in [7, 11) is 0. The zero-order valence-corrected chi connectivity index (χ0v) is 14.3. The molecule has 0 radical (unpaired) electrons. The first-order valence-electron chi connectivity index (χ1n) is 7.41. The highest BCUT2D eigenvalue weighted by Crippen LogP contribution is 2.30. The Labute approximate surface area is 148 Å². The number of carbonyl (C=O) groups is 1. The highest BCUT2D eigenvalue weighted by molar-refractivity contribution is 6.32. The smallest absolute Gasteiger partial charge is 0.328 e. The second-order valence-corrected chi connectivity index (χ2v) is 5.39. The Morgan fingerprint density at radius 3 is 2.64 bits per heavy atom. The van der Waals surface area contributed by atoms with E-state index >= 15 is 0 Å². The van der Waals surface area contributed by atoms with Crippen LogP contribution in [0, 0.1) is 10.1 Å². The minimum atomic E-state index is -0.589. The molecule has 0 aliphatic heterocycles. The number of pyridine rings is 1. The second-order valence-electron chi connectivity index (χ2n) is 4.98. The summed E-state index contributed by atoms with van der Waals surface area (Å²) in [6, 6.07) is 7.41. The summed E-state index contributed by atoms with van der Waals surface area (Å²) in [6.45, 7) is 3.76. The molecule has 0 saturated carbocycles. The normalized spacial score (nSPS) is 11.5. The molecule has 1 atom stereocenters. The van der Waals surface area contributed by atoms with Gasteiger partial charge in [-0.3, -0.25) is 10.1 Å². The van der Waals surface area contributed by atoms with Crippen LogP contribution in [0.25, 0.3) is 0 Å². The fraction of sp³-hybridized carbons (Fsp3) is 0.250. The average Bonchev–Trinajstić information content (AvgIpc) is 2.58. The predicted octanol–water partition coefficient (Wildman–Crippen LogP) is 3.80. The molecular formula is C16H16ClN3O5. The zero-order chi connectivity index (χ0) is 18.4. The van der Waals surface area contributed by atoms with Crippen molar-refractivity contribution in [1.82, 2.24) is 4.98 Å². The third kappa shape index (κ3) is 5.05. The van der Waals surface area contributed by atoms with Gasteiger partial charge in [-0.1, -0.05) is 11.6 Å². The number of esters is 1. The number of hydrogen-bond acceptors (Lipinski definition) is 7. The molecule has 8 nitrogen and oxygen atoms in total. The summed E-state index contributed by atoms with van der Waals surface area (Å²) < 4.78 is 10.4. The van der Waals surface area contributed by atoms with Crippen molar-refractivity contribution < 1.29 is 19.2 Å². The van der Waals surface area contributed by atoms with E-state index < -0.39 is 11.0 Å². The molecule has 0 aliphatic rings. The van der Waals surface area contributed by atoms with E-state index in [0.29, 0.717) is 18.0 Å². The number of halogens is 1. The van der Waals surface area contributed by atoms with Gasteiger partial charge in [0.15, 0.2) is 0 Å². The third-order valence-electron chi connectivity index (χ3n) is 3.10. The molecule has 1 aromatic carbocycles. The van der Waals surface area contributed by atoms with E-state index in [1.807, 2.05) is 0 Å². The molecule has 0 amide bonds. The summed E-state index contributed by atoms with van der Waals surface area (Å²) in [5, 5.41) is 13.7. The Morgan fingerprint density at radius 1 is 1.40 bits per heavy atom. The molecule has 0 saturated heterocycles. The Kier molecular flexibility index (Phi) is 6.13. The first kappa shape index (κ1) is 18.5. The van der Waals surface area contributed by atoms with E-state index in [-0.39, 0.29) is 22.6 Å². The average molecular weight is 366 g/mol. The van der Waals surface area contributed by atoms with Gasteiger partial charge in [0.1, 0.15) is 23.0 Å². The van der Waals surface area contributed by atoms with E-state index in [0.717, 1.165) is 6.20 Å². The van der Waals surface area contributed by atoms with Crippen LogP contribution in [-0.2, 0) is 9.53 Å². The first-order chi connectivity index (χ1) is 11.9. The van der Waals surface area contributed by atoms with Crippen LogP contribution in [0.4, 0.5) is 11.4 Å². The van der Waals surface area contributed by atoms with Crippen LogP contribution < -0.4 is 10.1 Å². The predicted molar refractivity (Wildman–Crippen MR) is 92.1 cm³/mol. The van der Waals surface area contributed by atoms with E-state index in [9.17, 15) is 14.9 Å². The first-order valence-corrected chi connectivity index (χ1v) is 7.79. The van der Waals surface area contributed by atoms with Gasteiger partial charge in [-0.15, -0.1) is 0 Å². The monoisotopic (exact) mass is 365 g/mol. The lowest BCUT2D eigenvalue weighted by molar-refractivity contribution is -0.385. The van der Waals surface area contributed by atoms with Crippen molar-refractivity contribution in [3.8, 4) is 11.6 Å². The Morgan fingerprint density at radius 2 is 2.08 bits per heavy atom. The van der Waals surface area contributed by atoms with Crippen molar-refractivity contribution in [3.63, 3.8) is 0 Å². The van der Waals surface area contributed by atoms with Gasteiger partial charge in [0.25, 0.3) is 5.69 Å². The van der Waals surface area contributed by atoms with Crippen molar-refractivity contribution in [2.45, 2.75) is 19.9 Å². The largest absolute Gasteiger partial charge is 0.464 e. The van der Waals surface area contributed by atoms with Crippen LogP contribution in [0.3, 0.4) is 0 Å². The van der Waals surface area contributed by atoms with Gasteiger partial charge in [0.2, 0.25) is 5.88 Å². The van der Waals surface area contributed by atoms with Crippen molar-refractivity contribution in [2.24, 2.45) is 0 Å². The van der Waals surface area contributed by atoms with E-state index in [2.05, 4.69) is 10.3 Å². The summed E-state index contributed by atoms with van der Waals surface area (Å²) >= 11 is 5.93. The van der Waals surface area contributed by atoms with Gasteiger partial charge in [-0.05, 0) is 38.1 Å². The number of nitrogens with zero attached hydrogens (tertiary/aromatic N) is 2. The molecular weight excluding hydrogens is 350 g/mol. The number of nitrogens with one attached hydrogen (secondary N) is 1. The number of hydrogen-bond donors (Lipinski definition) is 1. The van der Waals surface area contributed by atoms with Gasteiger partial charge >= 0.3 is 5.97 Å². The maximum Gasteiger partial charge on any atom is 0.328 e. The molecule has 1 unspecified atom stereocenters. The number of aromatic nitrogens is 1. The molecule has 132 valence electrons. The number of carbonyl (C=O) groups excluding carboxylic acids is 1. The summed E-state index contributed by atoms with van der Waals surface area (Å²) in [5.41, 5.74) is 0.487. The lowest BCUT2D eigenvalue weighted by atomic mass is 10.2. The minimum Gasteiger partial charge on any atom is -0.464 e. The van der Waals surface area contributed by atoms with Crippen LogP contribution in [-0.4, -0.2) is 28.5 Å². The van der Waals surface area contributed by atoms with Crippen LogP contribution >= 0.6 is 11.6 Å². The van der Waals surface area contributed by atoms with Gasteiger partial charge in [0.05, 0.1) is 11.5 Å². The highest BCUT2D eigenvalue weighted by atomic mass is 35.5. The molecule has 0 aliphatic carbocycles. The fourth-order valence-corrected chi connectivity index (χ4v) is 2.10. The molecule has 2 aromatic rings. The zero-order valence-electron chi connectivity index (χ0n) is 13.6. The van der Waals surface area contributed by atoms with Crippen LogP contribution in [0.2, 0.25) is 5.02 Å². The van der Waals surface area contributed by atoms with Crippen LogP contribution in [0.15, 0.2) is 36.5 Å². The highest BCUT2D eigenvalue weighted by Gasteiger charge is 2.14. The van der Waals surface area contributed by atoms with E-state index in [4.69, 9.17) is 21.1 Å². The standard InChI is InChI=1S/C16H16ClN3O5/c1-3-24-16(21)10(2)19-11-4-6-13(7-5-11)25-15-14(17)8-12(9-18-15)20(22)23/h4-10,19H,3H2,1-2H3. The van der Waals surface area contributed by atoms with Crippen molar-refractivity contribution >= 4 is 28.9 Å². The van der Waals surface area contributed by atoms with Crippen LogP contribution in [0.5, 0.6) is 11.6 Å². The molecule has 1 aromatic heterocycles. The third-order valence-corrected chi connectivity index (χ3v) is 3.37. The number of ether oxygens (including phenoxy) is 2. The molecule has 0 spiro atoms. The van der Waals surface area contributed by atoms with Crippen molar-refractivity contribution in [2.75, 3.05) is 11.9 Å².